The van der Waals surface area contributed by atoms with Crippen molar-refractivity contribution in [2.45, 2.75) is 32.7 Å². The number of anilines is 2. The van der Waals surface area contributed by atoms with Gasteiger partial charge in [0, 0.05) is 50.5 Å². The van der Waals surface area contributed by atoms with Crippen LogP contribution in [0.4, 0.5) is 15.8 Å². The molecule has 0 bridgehead atoms. The van der Waals surface area contributed by atoms with Gasteiger partial charge in [-0.15, -0.1) is 0 Å². The summed E-state index contributed by atoms with van der Waals surface area (Å²) in [5, 5.41) is 9.01. The molecular formula is C24H36FN5O. The van der Waals surface area contributed by atoms with Crippen LogP contribution in [0.2, 0.25) is 0 Å². The highest BCUT2D eigenvalue weighted by Gasteiger charge is 2.38. The Morgan fingerprint density at radius 1 is 1.03 bits per heavy atom. The maximum atomic E-state index is 13.1. The molecule has 6 nitrogen and oxygen atoms in total. The summed E-state index contributed by atoms with van der Waals surface area (Å²) in [7, 11) is 3.84. The molecule has 31 heavy (non-hydrogen) atoms. The quantitative estimate of drug-likeness (QED) is 0.432. The van der Waals surface area contributed by atoms with E-state index in [0.29, 0.717) is 6.54 Å². The van der Waals surface area contributed by atoms with Crippen LogP contribution < -0.4 is 21.5 Å². The summed E-state index contributed by atoms with van der Waals surface area (Å²) in [4.78, 5) is 0. The molecule has 0 amide bonds. The lowest BCUT2D eigenvalue weighted by Crippen LogP contribution is -2.57. The van der Waals surface area contributed by atoms with Gasteiger partial charge in [-0.25, -0.2) is 15.2 Å². The fraction of sp³-hybridized carbons (Fsp3) is 0.500. The number of benzene rings is 2. The zero-order valence-electron chi connectivity index (χ0n) is 19.3. The molecule has 3 rings (SSSR count). The van der Waals surface area contributed by atoms with E-state index in [1.807, 2.05) is 31.3 Å². The van der Waals surface area contributed by atoms with E-state index < -0.39 is 0 Å². The third-order valence-corrected chi connectivity index (χ3v) is 5.73. The van der Waals surface area contributed by atoms with Gasteiger partial charge in [0.1, 0.15) is 5.82 Å². The second-order valence-corrected chi connectivity index (χ2v) is 9.45. The number of halogens is 1. The van der Waals surface area contributed by atoms with Crippen LogP contribution in [0, 0.1) is 11.2 Å². The van der Waals surface area contributed by atoms with E-state index >= 15 is 0 Å². The fourth-order valence-corrected chi connectivity index (χ4v) is 3.54. The lowest BCUT2D eigenvalue weighted by atomic mass is 9.83. The van der Waals surface area contributed by atoms with E-state index in [1.165, 1.54) is 17.7 Å². The zero-order chi connectivity index (χ0) is 22.5. The van der Waals surface area contributed by atoms with E-state index in [4.69, 9.17) is 4.74 Å². The van der Waals surface area contributed by atoms with Crippen molar-refractivity contribution in [1.29, 1.82) is 0 Å². The van der Waals surface area contributed by atoms with Crippen molar-refractivity contribution in [3.05, 3.63) is 59.4 Å². The van der Waals surface area contributed by atoms with Gasteiger partial charge in [0.15, 0.2) is 0 Å². The molecule has 1 saturated heterocycles. The van der Waals surface area contributed by atoms with Crippen molar-refractivity contribution in [2.75, 3.05) is 51.0 Å². The van der Waals surface area contributed by atoms with Crippen molar-refractivity contribution < 1.29 is 9.13 Å². The molecule has 0 unspecified atom stereocenters. The Balaban J connectivity index is 1.67. The van der Waals surface area contributed by atoms with E-state index in [0.717, 1.165) is 43.2 Å². The zero-order valence-corrected chi connectivity index (χ0v) is 19.3. The van der Waals surface area contributed by atoms with E-state index in [1.54, 1.807) is 0 Å². The van der Waals surface area contributed by atoms with Crippen LogP contribution in [-0.2, 0) is 16.7 Å². The van der Waals surface area contributed by atoms with Crippen molar-refractivity contribution >= 4 is 11.4 Å². The molecule has 1 fully saturated rings. The van der Waals surface area contributed by atoms with Crippen molar-refractivity contribution in [2.24, 2.45) is 5.41 Å². The minimum Gasteiger partial charge on any atom is -0.384 e. The minimum atomic E-state index is -0.211. The van der Waals surface area contributed by atoms with Crippen LogP contribution in [0.25, 0.3) is 0 Å². The van der Waals surface area contributed by atoms with Crippen LogP contribution >= 0.6 is 0 Å². The number of hydrogen-bond acceptors (Lipinski definition) is 6. The first kappa shape index (κ1) is 23.5. The molecule has 0 aliphatic carbocycles. The molecule has 1 aliphatic rings. The maximum absolute atomic E-state index is 13.1. The van der Waals surface area contributed by atoms with Gasteiger partial charge >= 0.3 is 0 Å². The van der Waals surface area contributed by atoms with Gasteiger partial charge in [-0.05, 0) is 46.9 Å². The highest BCUT2D eigenvalue weighted by Crippen LogP contribution is 2.34. The molecule has 0 aromatic heterocycles. The van der Waals surface area contributed by atoms with Gasteiger partial charge in [-0.1, -0.05) is 32.9 Å². The van der Waals surface area contributed by atoms with E-state index in [9.17, 15) is 4.39 Å². The molecule has 4 N–H and O–H groups in total. The first-order valence-corrected chi connectivity index (χ1v) is 10.8. The Bertz CT molecular complexity index is 846. The molecule has 7 heteroatoms. The smallest absolute Gasteiger partial charge is 0.123 e. The fourth-order valence-electron chi connectivity index (χ4n) is 3.54. The highest BCUT2D eigenvalue weighted by atomic mass is 19.1. The van der Waals surface area contributed by atoms with Crippen molar-refractivity contribution in [1.82, 2.24) is 16.0 Å². The predicted molar refractivity (Wildman–Crippen MR) is 125 cm³/mol. The molecule has 170 valence electrons. The van der Waals surface area contributed by atoms with E-state index in [2.05, 4.69) is 60.5 Å². The van der Waals surface area contributed by atoms with Crippen LogP contribution in [0.15, 0.2) is 42.5 Å². The lowest BCUT2D eigenvalue weighted by molar-refractivity contribution is -0.110. The normalized spacial score (nSPS) is 15.6. The van der Waals surface area contributed by atoms with Crippen molar-refractivity contribution in [3.63, 3.8) is 0 Å². The summed E-state index contributed by atoms with van der Waals surface area (Å²) in [6.07, 6.45) is 0. The molecule has 0 spiro atoms. The van der Waals surface area contributed by atoms with Gasteiger partial charge in [-0.2, -0.15) is 5.12 Å². The molecule has 2 aromatic rings. The van der Waals surface area contributed by atoms with Crippen LogP contribution in [0.1, 0.15) is 31.9 Å². The Morgan fingerprint density at radius 3 is 2.32 bits per heavy atom. The van der Waals surface area contributed by atoms with E-state index in [-0.39, 0.29) is 16.6 Å². The lowest BCUT2D eigenvalue weighted by Gasteiger charge is -2.43. The number of ether oxygens (including phenoxy) is 1. The summed E-state index contributed by atoms with van der Waals surface area (Å²) in [5.41, 5.74) is 11.0. The summed E-state index contributed by atoms with van der Waals surface area (Å²) in [6.45, 7) is 10.5. The number of rotatable bonds is 10. The number of nitrogens with one attached hydrogen (secondary N) is 4. The Hall–Kier alpha value is -2.19. The van der Waals surface area contributed by atoms with Gasteiger partial charge < -0.3 is 15.4 Å². The minimum absolute atomic E-state index is 0.0101. The topological polar surface area (TPSA) is 60.6 Å². The summed E-state index contributed by atoms with van der Waals surface area (Å²) in [6, 6.07) is 13.1. The second-order valence-electron chi connectivity index (χ2n) is 9.45. The SMILES string of the molecule is CNN(C)NCC1(CNc2ccc(NCc3ccc(F)cc3)cc2C(C)(C)C)COC1. The molecular weight excluding hydrogens is 393 g/mol. The Kier molecular flexibility index (Phi) is 7.54. The molecule has 0 radical (unpaired) electrons. The van der Waals surface area contributed by atoms with Crippen LogP contribution in [0.3, 0.4) is 0 Å². The van der Waals surface area contributed by atoms with Gasteiger partial charge in [0.2, 0.25) is 0 Å². The summed E-state index contributed by atoms with van der Waals surface area (Å²) < 4.78 is 18.7. The summed E-state index contributed by atoms with van der Waals surface area (Å²) in [5.74, 6) is -0.211. The highest BCUT2D eigenvalue weighted by molar-refractivity contribution is 5.62. The van der Waals surface area contributed by atoms with Crippen molar-refractivity contribution in [3.8, 4) is 0 Å². The Labute approximate surface area is 185 Å². The number of hydrogen-bond donors (Lipinski definition) is 4. The number of nitrogens with zero attached hydrogens (tertiary/aromatic N) is 1. The molecule has 1 aliphatic heterocycles. The molecule has 0 atom stereocenters. The first-order chi connectivity index (χ1) is 14.7. The second kappa shape index (κ2) is 9.96. The predicted octanol–water partition coefficient (Wildman–Crippen LogP) is 3.73. The standard InChI is InChI=1S/C24H36FN5O/c1-23(2,3)21-12-20(27-13-18-6-8-19(25)9-7-18)10-11-22(21)28-14-24(16-31-17-24)15-29-30(5)26-4/h6-12,26-29H,13-17H2,1-5H3. The summed E-state index contributed by atoms with van der Waals surface area (Å²) >= 11 is 0. The molecule has 0 saturated carbocycles. The van der Waals surface area contributed by atoms with Gasteiger partial charge in [0.25, 0.3) is 0 Å². The third kappa shape index (κ3) is 6.40. The monoisotopic (exact) mass is 429 g/mol. The average Bonchev–Trinajstić information content (AvgIpc) is 2.71. The largest absolute Gasteiger partial charge is 0.384 e. The number of hydrazine groups is 2. The van der Waals surface area contributed by atoms with Crippen LogP contribution in [0.5, 0.6) is 0 Å². The van der Waals surface area contributed by atoms with Crippen LogP contribution in [-0.4, -0.2) is 45.5 Å². The Morgan fingerprint density at radius 2 is 1.74 bits per heavy atom. The average molecular weight is 430 g/mol. The molecule has 2 aromatic carbocycles. The third-order valence-electron chi connectivity index (χ3n) is 5.73. The maximum Gasteiger partial charge on any atom is 0.123 e. The molecule has 1 heterocycles. The van der Waals surface area contributed by atoms with Gasteiger partial charge in [-0.3, -0.25) is 0 Å². The first-order valence-electron chi connectivity index (χ1n) is 10.8. The van der Waals surface area contributed by atoms with Gasteiger partial charge in [0.05, 0.1) is 13.2 Å².